The van der Waals surface area contributed by atoms with Crippen LogP contribution in [0.2, 0.25) is 0 Å². The first kappa shape index (κ1) is 27.9. The molecule has 0 spiro atoms. The van der Waals surface area contributed by atoms with Gasteiger partial charge in [0.05, 0.1) is 0 Å². The van der Waals surface area contributed by atoms with Crippen molar-refractivity contribution >= 4 is 28.9 Å². The monoisotopic (exact) mass is 562 g/mol. The number of hydrogen-bond donors (Lipinski definition) is 2. The summed E-state index contributed by atoms with van der Waals surface area (Å²) in [5.74, 6) is 1.71. The number of anilines is 2. The molecule has 6 rings (SSSR count). The molecule has 9 heteroatoms. The second kappa shape index (κ2) is 11.9. The van der Waals surface area contributed by atoms with E-state index in [-0.39, 0.29) is 23.7 Å². The van der Waals surface area contributed by atoms with E-state index >= 15 is 0 Å². The number of nitrogens with one attached hydrogen (secondary N) is 1. The number of carboxylic acids is 1. The molecule has 0 radical (unpaired) electrons. The number of fused-ring (bicyclic) bond motifs is 1. The fraction of sp³-hybridized carbons (Fsp3) is 0.625. The maximum absolute atomic E-state index is 13.6. The molecule has 41 heavy (non-hydrogen) atoms. The van der Waals surface area contributed by atoms with Gasteiger partial charge < -0.3 is 19.9 Å². The van der Waals surface area contributed by atoms with Crippen LogP contribution in [0.5, 0.6) is 0 Å². The van der Waals surface area contributed by atoms with Crippen molar-refractivity contribution in [2.45, 2.75) is 103 Å². The smallest absolute Gasteiger partial charge is 0.374 e. The van der Waals surface area contributed by atoms with Gasteiger partial charge in [0.2, 0.25) is 11.8 Å². The van der Waals surface area contributed by atoms with Gasteiger partial charge in [-0.05, 0) is 93.7 Å². The molecule has 2 aromatic heterocycles. The molecule has 2 atom stereocenters. The fourth-order valence-electron chi connectivity index (χ4n) is 7.02. The Morgan fingerprint density at radius 1 is 1.02 bits per heavy atom. The summed E-state index contributed by atoms with van der Waals surface area (Å²) in [6.45, 7) is 6.21. The Kier molecular flexibility index (Phi) is 8.13. The molecule has 220 valence electrons. The molecule has 1 unspecified atom stereocenters. The van der Waals surface area contributed by atoms with E-state index in [4.69, 9.17) is 4.98 Å². The molecule has 3 fully saturated rings. The van der Waals surface area contributed by atoms with E-state index in [0.29, 0.717) is 23.3 Å². The highest BCUT2D eigenvalue weighted by Crippen LogP contribution is 2.37. The van der Waals surface area contributed by atoms with Crippen molar-refractivity contribution in [3.05, 3.63) is 41.5 Å². The van der Waals surface area contributed by atoms with Gasteiger partial charge in [-0.2, -0.15) is 4.98 Å². The molecule has 1 aliphatic heterocycles. The molecular weight excluding hydrogens is 519 g/mol. The number of carboxylic acid groups (broad SMARTS) is 1. The van der Waals surface area contributed by atoms with Crippen LogP contribution in [0.4, 0.5) is 16.2 Å². The number of carbonyl (C=O) groups is 1. The number of hydrogen-bond acceptors (Lipinski definition) is 6. The summed E-state index contributed by atoms with van der Waals surface area (Å²) in [4.78, 5) is 28.6. The Bertz CT molecular complexity index is 1360. The first-order chi connectivity index (χ1) is 19.9. The van der Waals surface area contributed by atoms with Crippen molar-refractivity contribution in [2.75, 3.05) is 16.8 Å². The zero-order valence-electron chi connectivity index (χ0n) is 24.4. The van der Waals surface area contributed by atoms with Crippen LogP contribution >= 0.6 is 0 Å². The number of imidazole rings is 1. The Morgan fingerprint density at radius 2 is 1.78 bits per heavy atom. The highest BCUT2D eigenvalue weighted by atomic mass is 19.1. The molecule has 0 amide bonds. The summed E-state index contributed by atoms with van der Waals surface area (Å²) in [5, 5.41) is 13.5. The molecule has 2 N–H and O–H groups in total. The third-order valence-electron chi connectivity index (χ3n) is 9.84. The van der Waals surface area contributed by atoms with Crippen molar-refractivity contribution in [1.29, 1.82) is 0 Å². The summed E-state index contributed by atoms with van der Waals surface area (Å²) < 4.78 is 15.9. The largest absolute Gasteiger partial charge is 0.475 e. The Hall–Kier alpha value is -3.23. The third kappa shape index (κ3) is 6.04. The molecule has 3 aromatic rings. The number of nitrogens with zero attached hydrogens (tertiary/aromatic N) is 5. The van der Waals surface area contributed by atoms with Crippen LogP contribution in [0.1, 0.15) is 94.2 Å². The zero-order valence-corrected chi connectivity index (χ0v) is 24.4. The number of benzene rings is 1. The first-order valence-corrected chi connectivity index (χ1v) is 15.6. The van der Waals surface area contributed by atoms with E-state index in [9.17, 15) is 14.3 Å². The maximum Gasteiger partial charge on any atom is 0.374 e. The molecule has 3 aliphatic rings. The van der Waals surface area contributed by atoms with Crippen LogP contribution in [-0.4, -0.2) is 49.2 Å². The van der Waals surface area contributed by atoms with Gasteiger partial charge in [-0.25, -0.2) is 19.2 Å². The van der Waals surface area contributed by atoms with Gasteiger partial charge in [-0.15, -0.1) is 0 Å². The minimum Gasteiger partial charge on any atom is -0.475 e. The predicted molar refractivity (Wildman–Crippen MR) is 159 cm³/mol. The van der Waals surface area contributed by atoms with Gasteiger partial charge in [0, 0.05) is 25.2 Å². The van der Waals surface area contributed by atoms with E-state index in [2.05, 4.69) is 38.6 Å². The molecule has 2 saturated carbocycles. The summed E-state index contributed by atoms with van der Waals surface area (Å²) in [7, 11) is 0. The summed E-state index contributed by atoms with van der Waals surface area (Å²) in [6, 6.07) is 7.23. The highest BCUT2D eigenvalue weighted by Gasteiger charge is 2.32. The van der Waals surface area contributed by atoms with E-state index in [0.717, 1.165) is 61.7 Å². The topological polar surface area (TPSA) is 96.2 Å². The number of aromatic carboxylic acids is 1. The van der Waals surface area contributed by atoms with Gasteiger partial charge in [0.1, 0.15) is 11.3 Å². The maximum atomic E-state index is 13.6. The van der Waals surface area contributed by atoms with Crippen LogP contribution in [0.15, 0.2) is 24.3 Å². The molecule has 2 aliphatic carbocycles. The summed E-state index contributed by atoms with van der Waals surface area (Å²) in [5.41, 5.74) is 2.38. The van der Waals surface area contributed by atoms with Gasteiger partial charge in [0.25, 0.3) is 0 Å². The van der Waals surface area contributed by atoms with Crippen LogP contribution in [0.25, 0.3) is 11.2 Å². The minimum atomic E-state index is -1.14. The molecule has 3 heterocycles. The van der Waals surface area contributed by atoms with Gasteiger partial charge in [0.15, 0.2) is 11.5 Å². The minimum absolute atomic E-state index is 0.187. The van der Waals surface area contributed by atoms with E-state index in [1.54, 1.807) is 0 Å². The van der Waals surface area contributed by atoms with Gasteiger partial charge in [-0.1, -0.05) is 38.3 Å². The molecule has 8 nitrogen and oxygen atoms in total. The first-order valence-electron chi connectivity index (χ1n) is 15.6. The number of piperidine rings is 1. The number of aromatic nitrogens is 4. The summed E-state index contributed by atoms with van der Waals surface area (Å²) >= 11 is 0. The van der Waals surface area contributed by atoms with Crippen molar-refractivity contribution < 1.29 is 14.3 Å². The average molecular weight is 563 g/mol. The standard InChI is InChI=1S/C32H43FN6O2/c1-20-9-11-23(12-10-20)19-39-27-28(34-21(2)24-6-5-7-24)35-30(31(40)41)36-29(27)37-32(39)38-17-4-3-8-26(38)18-22-13-15-25(33)16-14-22/h13-16,20-21,23-24,26H,3-12,17-19H2,1-2H3,(H,40,41)(H,34,35,36)/t20-,21-,23-,26?/m1/s1. The van der Waals surface area contributed by atoms with Crippen LogP contribution < -0.4 is 10.2 Å². The molecular formula is C32H43FN6O2. The van der Waals surface area contributed by atoms with E-state index in [1.165, 1.54) is 57.1 Å². The fourth-order valence-corrected chi connectivity index (χ4v) is 7.02. The predicted octanol–water partition coefficient (Wildman–Crippen LogP) is 6.69. The SMILES string of the molecule is C[C@@H](Nc1nc(C(=O)O)nc2nc(N3CCCCC3Cc3ccc(F)cc3)n(C[C@H]3CC[C@H](C)CC3)c12)C1CCC1. The lowest BCUT2D eigenvalue weighted by Crippen LogP contribution is -2.42. The molecule has 1 saturated heterocycles. The van der Waals surface area contributed by atoms with Crippen LogP contribution in [-0.2, 0) is 13.0 Å². The Labute approximate surface area is 241 Å². The molecule has 0 bridgehead atoms. The number of rotatable bonds is 9. The Morgan fingerprint density at radius 3 is 2.46 bits per heavy atom. The van der Waals surface area contributed by atoms with E-state index < -0.39 is 5.97 Å². The van der Waals surface area contributed by atoms with Crippen molar-refractivity contribution in [3.8, 4) is 0 Å². The lowest BCUT2D eigenvalue weighted by Gasteiger charge is -2.38. The third-order valence-corrected chi connectivity index (χ3v) is 9.84. The average Bonchev–Trinajstić information content (AvgIpc) is 3.28. The zero-order chi connectivity index (χ0) is 28.5. The lowest BCUT2D eigenvalue weighted by molar-refractivity contribution is 0.0684. The molecule has 1 aromatic carbocycles. The highest BCUT2D eigenvalue weighted by molar-refractivity contribution is 5.91. The van der Waals surface area contributed by atoms with Crippen LogP contribution in [0.3, 0.4) is 0 Å². The summed E-state index contributed by atoms with van der Waals surface area (Å²) in [6.07, 6.45) is 12.4. The van der Waals surface area contributed by atoms with Crippen molar-refractivity contribution in [1.82, 2.24) is 19.5 Å². The Balaban J connectivity index is 1.43. The number of halogens is 1. The lowest BCUT2D eigenvalue weighted by atomic mass is 9.80. The van der Waals surface area contributed by atoms with Crippen molar-refractivity contribution in [3.63, 3.8) is 0 Å². The second-order valence-corrected chi connectivity index (χ2v) is 12.8. The van der Waals surface area contributed by atoms with Gasteiger partial charge in [-0.3, -0.25) is 0 Å². The van der Waals surface area contributed by atoms with E-state index in [1.807, 2.05) is 12.1 Å². The second-order valence-electron chi connectivity index (χ2n) is 12.8. The quantitative estimate of drug-likeness (QED) is 0.300. The van der Waals surface area contributed by atoms with Crippen LogP contribution in [0, 0.1) is 23.6 Å². The normalized spacial score (nSPS) is 24.3. The van der Waals surface area contributed by atoms with Gasteiger partial charge >= 0.3 is 5.97 Å². The van der Waals surface area contributed by atoms with Crippen molar-refractivity contribution in [2.24, 2.45) is 17.8 Å².